The number of nitrogens with zero attached hydrogens (tertiary/aromatic N) is 3. The van der Waals surface area contributed by atoms with Crippen LogP contribution in [0.3, 0.4) is 0 Å². The molecular weight excluding hydrogens is 212 g/mol. The minimum Gasteiger partial charge on any atom is -0.388 e. The third kappa shape index (κ3) is 1.63. The van der Waals surface area contributed by atoms with Crippen LogP contribution in [0.1, 0.15) is 0 Å². The Kier molecular flexibility index (Phi) is 2.26. The van der Waals surface area contributed by atoms with Crippen molar-refractivity contribution in [3.05, 3.63) is 49.1 Å². The van der Waals surface area contributed by atoms with Gasteiger partial charge in [0.05, 0.1) is 11.7 Å². The first-order valence-corrected chi connectivity index (χ1v) is 5.44. The first kappa shape index (κ1) is 9.84. The van der Waals surface area contributed by atoms with E-state index in [-0.39, 0.29) is 0 Å². The fourth-order valence-corrected chi connectivity index (χ4v) is 1.87. The molecule has 17 heavy (non-hydrogen) atoms. The molecule has 0 atom stereocenters. The zero-order chi connectivity index (χ0) is 11.7. The maximum Gasteiger partial charge on any atom is 0.144 e. The molecule has 0 unspecified atom stereocenters. The molecule has 3 heterocycles. The van der Waals surface area contributed by atoms with Crippen LogP contribution in [0.2, 0.25) is 0 Å². The number of fused-ring (bicyclic) bond motifs is 1. The van der Waals surface area contributed by atoms with Gasteiger partial charge in [0.2, 0.25) is 0 Å². The number of rotatable bonds is 2. The molecule has 0 radical (unpaired) electrons. The normalized spacial score (nSPS) is 10.6. The Bertz CT molecular complexity index is 643. The van der Waals surface area contributed by atoms with Gasteiger partial charge in [0, 0.05) is 36.9 Å². The van der Waals surface area contributed by atoms with Crippen LogP contribution >= 0.6 is 0 Å². The summed E-state index contributed by atoms with van der Waals surface area (Å²) in [6.45, 7) is 0. The molecule has 4 heteroatoms. The van der Waals surface area contributed by atoms with Crippen LogP contribution in [0.25, 0.3) is 16.9 Å². The predicted octanol–water partition coefficient (Wildman–Crippen LogP) is 2.44. The second-order valence-corrected chi connectivity index (χ2v) is 3.78. The molecule has 0 bridgehead atoms. The van der Waals surface area contributed by atoms with Crippen molar-refractivity contribution in [1.82, 2.24) is 14.4 Å². The molecule has 0 spiro atoms. The van der Waals surface area contributed by atoms with E-state index in [1.54, 1.807) is 12.4 Å². The topological polar surface area (TPSA) is 42.2 Å². The van der Waals surface area contributed by atoms with Crippen LogP contribution in [0.4, 0.5) is 5.69 Å². The number of anilines is 1. The van der Waals surface area contributed by atoms with Crippen molar-refractivity contribution in [1.29, 1.82) is 0 Å². The quantitative estimate of drug-likeness (QED) is 0.727. The van der Waals surface area contributed by atoms with Gasteiger partial charge >= 0.3 is 0 Å². The summed E-state index contributed by atoms with van der Waals surface area (Å²) in [5, 5.41) is 3.12. The Morgan fingerprint density at radius 3 is 2.76 bits per heavy atom. The Hall–Kier alpha value is -2.36. The van der Waals surface area contributed by atoms with E-state index in [1.807, 2.05) is 37.6 Å². The minimum absolute atomic E-state index is 0.935. The number of aromatic nitrogens is 3. The van der Waals surface area contributed by atoms with Crippen LogP contribution in [0.5, 0.6) is 0 Å². The zero-order valence-electron chi connectivity index (χ0n) is 9.46. The lowest BCUT2D eigenvalue weighted by Crippen LogP contribution is -1.92. The Labute approximate surface area is 99.0 Å². The summed E-state index contributed by atoms with van der Waals surface area (Å²) in [4.78, 5) is 8.46. The van der Waals surface area contributed by atoms with Crippen molar-refractivity contribution in [2.75, 3.05) is 12.4 Å². The van der Waals surface area contributed by atoms with Crippen molar-refractivity contribution < 1.29 is 0 Å². The smallest absolute Gasteiger partial charge is 0.144 e. The molecule has 3 aromatic rings. The molecule has 0 saturated carbocycles. The van der Waals surface area contributed by atoms with Crippen molar-refractivity contribution >= 4 is 11.2 Å². The van der Waals surface area contributed by atoms with E-state index >= 15 is 0 Å². The average molecular weight is 224 g/mol. The second kappa shape index (κ2) is 3.90. The summed E-state index contributed by atoms with van der Waals surface area (Å²) < 4.78 is 2.07. The lowest BCUT2D eigenvalue weighted by molar-refractivity contribution is 1.16. The molecule has 1 N–H and O–H groups in total. The third-order valence-corrected chi connectivity index (χ3v) is 2.76. The molecule has 4 nitrogen and oxygen atoms in total. The van der Waals surface area contributed by atoms with Gasteiger partial charge in [0.15, 0.2) is 0 Å². The molecule has 0 aromatic carbocycles. The number of hydrogen-bond acceptors (Lipinski definition) is 3. The lowest BCUT2D eigenvalue weighted by atomic mass is 10.2. The van der Waals surface area contributed by atoms with E-state index in [1.165, 1.54) is 0 Å². The largest absolute Gasteiger partial charge is 0.388 e. The first-order chi connectivity index (χ1) is 8.38. The lowest BCUT2D eigenvalue weighted by Gasteiger charge is -2.03. The van der Waals surface area contributed by atoms with Gasteiger partial charge in [-0.1, -0.05) is 0 Å². The molecule has 0 amide bonds. The molecule has 0 aliphatic carbocycles. The van der Waals surface area contributed by atoms with Crippen LogP contribution in [0.15, 0.2) is 49.1 Å². The Morgan fingerprint density at radius 1 is 1.18 bits per heavy atom. The SMILES string of the molecule is CNc1ccn2c(-c3ccncc3)ncc2c1. The van der Waals surface area contributed by atoms with Gasteiger partial charge in [-0.25, -0.2) is 4.98 Å². The molecule has 3 aromatic heterocycles. The van der Waals surface area contributed by atoms with Gasteiger partial charge in [-0.05, 0) is 24.3 Å². The highest BCUT2D eigenvalue weighted by molar-refractivity contribution is 5.65. The number of imidazole rings is 1. The van der Waals surface area contributed by atoms with Gasteiger partial charge in [0.25, 0.3) is 0 Å². The average Bonchev–Trinajstić information content (AvgIpc) is 2.82. The molecule has 3 rings (SSSR count). The monoisotopic (exact) mass is 224 g/mol. The summed E-state index contributed by atoms with van der Waals surface area (Å²) in [5.41, 5.74) is 3.22. The maximum atomic E-state index is 4.45. The van der Waals surface area contributed by atoms with Gasteiger partial charge in [-0.3, -0.25) is 9.38 Å². The van der Waals surface area contributed by atoms with E-state index in [9.17, 15) is 0 Å². The van der Waals surface area contributed by atoms with Crippen molar-refractivity contribution in [2.45, 2.75) is 0 Å². The molecule has 84 valence electrons. The highest BCUT2D eigenvalue weighted by atomic mass is 15.0. The van der Waals surface area contributed by atoms with E-state index in [4.69, 9.17) is 0 Å². The maximum absolute atomic E-state index is 4.45. The van der Waals surface area contributed by atoms with Crippen LogP contribution in [-0.2, 0) is 0 Å². The summed E-state index contributed by atoms with van der Waals surface area (Å²) in [7, 11) is 1.91. The zero-order valence-corrected chi connectivity index (χ0v) is 9.46. The summed E-state index contributed by atoms with van der Waals surface area (Å²) in [5.74, 6) is 0.935. The third-order valence-electron chi connectivity index (χ3n) is 2.76. The summed E-state index contributed by atoms with van der Waals surface area (Å²) in [6.07, 6.45) is 7.44. The first-order valence-electron chi connectivity index (χ1n) is 5.44. The van der Waals surface area contributed by atoms with E-state index in [0.29, 0.717) is 0 Å². The van der Waals surface area contributed by atoms with Crippen molar-refractivity contribution in [3.8, 4) is 11.4 Å². The fraction of sp³-hybridized carbons (Fsp3) is 0.0769. The number of nitrogens with one attached hydrogen (secondary N) is 1. The Balaban J connectivity index is 2.19. The molecule has 0 aliphatic heterocycles. The highest BCUT2D eigenvalue weighted by Gasteiger charge is 2.05. The Morgan fingerprint density at radius 2 is 2.00 bits per heavy atom. The summed E-state index contributed by atoms with van der Waals surface area (Å²) in [6, 6.07) is 8.01. The van der Waals surface area contributed by atoms with Crippen LogP contribution in [0, 0.1) is 0 Å². The van der Waals surface area contributed by atoms with Gasteiger partial charge in [-0.15, -0.1) is 0 Å². The second-order valence-electron chi connectivity index (χ2n) is 3.78. The minimum atomic E-state index is 0.935. The van der Waals surface area contributed by atoms with Crippen molar-refractivity contribution in [3.63, 3.8) is 0 Å². The van der Waals surface area contributed by atoms with Crippen molar-refractivity contribution in [2.24, 2.45) is 0 Å². The van der Waals surface area contributed by atoms with E-state index < -0.39 is 0 Å². The van der Waals surface area contributed by atoms with Crippen LogP contribution < -0.4 is 5.32 Å². The van der Waals surface area contributed by atoms with Crippen LogP contribution in [-0.4, -0.2) is 21.4 Å². The van der Waals surface area contributed by atoms with Gasteiger partial charge < -0.3 is 5.32 Å². The van der Waals surface area contributed by atoms with E-state index in [2.05, 4.69) is 25.8 Å². The number of hydrogen-bond donors (Lipinski definition) is 1. The standard InChI is InChI=1S/C13H12N4/c1-14-11-4-7-17-12(8-11)9-16-13(17)10-2-5-15-6-3-10/h2-9,14H,1H3. The molecular formula is C13H12N4. The van der Waals surface area contributed by atoms with Gasteiger partial charge in [0.1, 0.15) is 5.82 Å². The molecule has 0 saturated heterocycles. The molecule has 0 aliphatic rings. The molecule has 0 fully saturated rings. The highest BCUT2D eigenvalue weighted by Crippen LogP contribution is 2.20. The van der Waals surface area contributed by atoms with Gasteiger partial charge in [-0.2, -0.15) is 0 Å². The predicted molar refractivity (Wildman–Crippen MR) is 68.0 cm³/mol. The summed E-state index contributed by atoms with van der Waals surface area (Å²) >= 11 is 0. The number of pyridine rings is 2. The fourth-order valence-electron chi connectivity index (χ4n) is 1.87. The van der Waals surface area contributed by atoms with E-state index in [0.717, 1.165) is 22.6 Å².